The number of aromatic nitrogens is 2. The molecule has 0 saturated carbocycles. The molecule has 0 aliphatic carbocycles. The SMILES string of the molecule is Cc1nnc(-c2ccc(N(C)C)cc2)cc1Cl. The first-order valence-corrected chi connectivity index (χ1v) is 5.73. The molecule has 0 bridgehead atoms. The molecule has 0 spiro atoms. The van der Waals surface area contributed by atoms with Crippen LogP contribution in [-0.4, -0.2) is 24.3 Å². The van der Waals surface area contributed by atoms with Crippen LogP contribution in [0.5, 0.6) is 0 Å². The fourth-order valence-electron chi connectivity index (χ4n) is 1.50. The van der Waals surface area contributed by atoms with Crippen molar-refractivity contribution in [2.75, 3.05) is 19.0 Å². The van der Waals surface area contributed by atoms with Gasteiger partial charge in [0.2, 0.25) is 0 Å². The van der Waals surface area contributed by atoms with E-state index in [9.17, 15) is 0 Å². The monoisotopic (exact) mass is 247 g/mol. The molecule has 0 N–H and O–H groups in total. The smallest absolute Gasteiger partial charge is 0.0944 e. The summed E-state index contributed by atoms with van der Waals surface area (Å²) in [5.74, 6) is 0. The minimum atomic E-state index is 0.645. The van der Waals surface area contributed by atoms with Crippen molar-refractivity contribution in [2.45, 2.75) is 6.92 Å². The first-order valence-electron chi connectivity index (χ1n) is 5.35. The van der Waals surface area contributed by atoms with Crippen LogP contribution in [0.3, 0.4) is 0 Å². The van der Waals surface area contributed by atoms with Crippen LogP contribution in [0, 0.1) is 6.92 Å². The maximum absolute atomic E-state index is 6.03. The maximum atomic E-state index is 6.03. The first kappa shape index (κ1) is 11.9. The molecule has 0 aliphatic heterocycles. The van der Waals surface area contributed by atoms with Crippen molar-refractivity contribution < 1.29 is 0 Å². The quantitative estimate of drug-likeness (QED) is 0.816. The van der Waals surface area contributed by atoms with Gasteiger partial charge in [0.25, 0.3) is 0 Å². The number of benzene rings is 1. The standard InChI is InChI=1S/C13H14ClN3/c1-9-12(14)8-13(16-15-9)10-4-6-11(7-5-10)17(2)3/h4-8H,1-3H3. The molecule has 2 rings (SSSR count). The van der Waals surface area contributed by atoms with Crippen molar-refractivity contribution in [1.82, 2.24) is 10.2 Å². The number of hydrogen-bond acceptors (Lipinski definition) is 3. The topological polar surface area (TPSA) is 29.0 Å². The number of anilines is 1. The number of hydrogen-bond donors (Lipinski definition) is 0. The van der Waals surface area contributed by atoms with Crippen molar-refractivity contribution in [3.8, 4) is 11.3 Å². The summed E-state index contributed by atoms with van der Waals surface area (Å²) in [4.78, 5) is 2.05. The molecule has 0 unspecified atom stereocenters. The first-order chi connectivity index (χ1) is 8.08. The zero-order chi connectivity index (χ0) is 12.4. The van der Waals surface area contributed by atoms with Gasteiger partial charge < -0.3 is 4.90 Å². The minimum absolute atomic E-state index is 0.645. The highest BCUT2D eigenvalue weighted by atomic mass is 35.5. The van der Waals surface area contributed by atoms with E-state index in [1.54, 1.807) is 0 Å². The average molecular weight is 248 g/mol. The van der Waals surface area contributed by atoms with Gasteiger partial charge in [-0.3, -0.25) is 0 Å². The summed E-state index contributed by atoms with van der Waals surface area (Å²) in [6, 6.07) is 9.97. The Morgan fingerprint density at radius 2 is 1.71 bits per heavy atom. The van der Waals surface area contributed by atoms with Crippen LogP contribution < -0.4 is 4.90 Å². The molecule has 0 radical (unpaired) electrons. The molecule has 0 amide bonds. The lowest BCUT2D eigenvalue weighted by atomic mass is 10.1. The predicted molar refractivity (Wildman–Crippen MR) is 71.5 cm³/mol. The van der Waals surface area contributed by atoms with E-state index >= 15 is 0 Å². The van der Waals surface area contributed by atoms with Crippen molar-refractivity contribution >= 4 is 17.3 Å². The Labute approximate surface area is 106 Å². The van der Waals surface area contributed by atoms with Gasteiger partial charge >= 0.3 is 0 Å². The third-order valence-electron chi connectivity index (χ3n) is 2.60. The van der Waals surface area contributed by atoms with Crippen molar-refractivity contribution in [3.63, 3.8) is 0 Å². The molecule has 1 heterocycles. The molecular weight excluding hydrogens is 234 g/mol. The highest BCUT2D eigenvalue weighted by Gasteiger charge is 2.04. The van der Waals surface area contributed by atoms with Crippen LogP contribution in [0.1, 0.15) is 5.69 Å². The lowest BCUT2D eigenvalue weighted by molar-refractivity contribution is 0.987. The maximum Gasteiger partial charge on any atom is 0.0944 e. The zero-order valence-electron chi connectivity index (χ0n) is 10.1. The van der Waals surface area contributed by atoms with Crippen LogP contribution >= 0.6 is 11.6 Å². The van der Waals surface area contributed by atoms with Crippen LogP contribution in [0.25, 0.3) is 11.3 Å². The molecule has 88 valence electrons. The Morgan fingerprint density at radius 1 is 1.06 bits per heavy atom. The van der Waals surface area contributed by atoms with E-state index in [2.05, 4.69) is 15.1 Å². The Morgan fingerprint density at radius 3 is 2.24 bits per heavy atom. The van der Waals surface area contributed by atoms with Gasteiger partial charge in [-0.15, -0.1) is 0 Å². The highest BCUT2D eigenvalue weighted by Crippen LogP contribution is 2.23. The molecule has 0 aliphatic rings. The highest BCUT2D eigenvalue weighted by molar-refractivity contribution is 6.31. The number of aryl methyl sites for hydroxylation is 1. The molecule has 4 heteroatoms. The Kier molecular flexibility index (Phi) is 3.29. The lowest BCUT2D eigenvalue weighted by Crippen LogP contribution is -2.07. The number of rotatable bonds is 2. The predicted octanol–water partition coefficient (Wildman–Crippen LogP) is 3.17. The molecular formula is C13H14ClN3. The van der Waals surface area contributed by atoms with Crippen LogP contribution in [0.15, 0.2) is 30.3 Å². The van der Waals surface area contributed by atoms with E-state index in [0.717, 1.165) is 22.6 Å². The molecule has 17 heavy (non-hydrogen) atoms. The van der Waals surface area contributed by atoms with Gasteiger partial charge in [0.05, 0.1) is 16.4 Å². The van der Waals surface area contributed by atoms with Gasteiger partial charge in [0.15, 0.2) is 0 Å². The molecule has 2 aromatic rings. The van der Waals surface area contributed by atoms with Gasteiger partial charge in [-0.05, 0) is 25.1 Å². The molecule has 1 aromatic heterocycles. The van der Waals surface area contributed by atoms with Gasteiger partial charge in [0, 0.05) is 25.3 Å². The summed E-state index contributed by atoms with van der Waals surface area (Å²) in [6.07, 6.45) is 0. The summed E-state index contributed by atoms with van der Waals surface area (Å²) < 4.78 is 0. The number of halogens is 1. The van der Waals surface area contributed by atoms with Gasteiger partial charge in [-0.1, -0.05) is 23.7 Å². The lowest BCUT2D eigenvalue weighted by Gasteiger charge is -2.12. The molecule has 3 nitrogen and oxygen atoms in total. The summed E-state index contributed by atoms with van der Waals surface area (Å²) >= 11 is 6.03. The average Bonchev–Trinajstić information content (AvgIpc) is 2.33. The summed E-state index contributed by atoms with van der Waals surface area (Å²) in [7, 11) is 4.02. The van der Waals surface area contributed by atoms with E-state index < -0.39 is 0 Å². The minimum Gasteiger partial charge on any atom is -0.378 e. The van der Waals surface area contributed by atoms with Crippen molar-refractivity contribution in [2.24, 2.45) is 0 Å². The summed E-state index contributed by atoms with van der Waals surface area (Å²) in [5, 5.41) is 8.80. The third kappa shape index (κ3) is 2.56. The third-order valence-corrected chi connectivity index (χ3v) is 2.98. The second-order valence-electron chi connectivity index (χ2n) is 4.10. The van der Waals surface area contributed by atoms with Gasteiger partial charge in [-0.25, -0.2) is 0 Å². The fraction of sp³-hybridized carbons (Fsp3) is 0.231. The van der Waals surface area contributed by atoms with E-state index in [0.29, 0.717) is 5.02 Å². The van der Waals surface area contributed by atoms with Crippen molar-refractivity contribution in [3.05, 3.63) is 41.0 Å². The largest absolute Gasteiger partial charge is 0.378 e. The normalized spacial score (nSPS) is 10.4. The Hall–Kier alpha value is -1.61. The fourth-order valence-corrected chi connectivity index (χ4v) is 1.64. The molecule has 0 fully saturated rings. The van der Waals surface area contributed by atoms with Gasteiger partial charge in [-0.2, -0.15) is 10.2 Å². The second-order valence-corrected chi connectivity index (χ2v) is 4.51. The number of nitrogens with zero attached hydrogens (tertiary/aromatic N) is 3. The summed E-state index contributed by atoms with van der Waals surface area (Å²) in [5.41, 5.74) is 3.72. The second kappa shape index (κ2) is 4.72. The van der Waals surface area contributed by atoms with Crippen LogP contribution in [0.4, 0.5) is 5.69 Å². The van der Waals surface area contributed by atoms with E-state index in [-0.39, 0.29) is 0 Å². The van der Waals surface area contributed by atoms with E-state index in [1.807, 2.05) is 51.4 Å². The molecule has 1 aromatic carbocycles. The van der Waals surface area contributed by atoms with Crippen molar-refractivity contribution in [1.29, 1.82) is 0 Å². The van der Waals surface area contributed by atoms with E-state index in [4.69, 9.17) is 11.6 Å². The molecule has 0 atom stereocenters. The summed E-state index contributed by atoms with van der Waals surface area (Å²) in [6.45, 7) is 1.84. The molecule has 0 saturated heterocycles. The van der Waals surface area contributed by atoms with E-state index in [1.165, 1.54) is 0 Å². The Balaban J connectivity index is 2.36. The van der Waals surface area contributed by atoms with Crippen LogP contribution in [0.2, 0.25) is 5.02 Å². The van der Waals surface area contributed by atoms with Gasteiger partial charge in [0.1, 0.15) is 0 Å². The van der Waals surface area contributed by atoms with Crippen LogP contribution in [-0.2, 0) is 0 Å². The zero-order valence-corrected chi connectivity index (χ0v) is 10.9. The Bertz CT molecular complexity index is 521.